The van der Waals surface area contributed by atoms with Crippen LogP contribution in [0.2, 0.25) is 0 Å². The van der Waals surface area contributed by atoms with E-state index in [1.807, 2.05) is 13.8 Å². The van der Waals surface area contributed by atoms with Crippen LogP contribution in [-0.4, -0.2) is 38.0 Å². The summed E-state index contributed by atoms with van der Waals surface area (Å²) < 4.78 is 10.1. The summed E-state index contributed by atoms with van der Waals surface area (Å²) in [5, 5.41) is 0. The number of rotatable bonds is 5. The van der Waals surface area contributed by atoms with Crippen molar-refractivity contribution in [3.8, 4) is 0 Å². The molecule has 4 heteroatoms. The first kappa shape index (κ1) is 11.8. The number of allylic oxidation sites excluding steroid dienone is 1. The van der Waals surface area contributed by atoms with Gasteiger partial charge in [-0.05, 0) is 0 Å². The summed E-state index contributed by atoms with van der Waals surface area (Å²) in [6, 6.07) is 0. The third-order valence-electron chi connectivity index (χ3n) is 1.54. The molecule has 66 valence electrons. The predicted molar refractivity (Wildman–Crippen MR) is 46.7 cm³/mol. The van der Waals surface area contributed by atoms with Gasteiger partial charge < -0.3 is 0 Å². The Labute approximate surface area is 83.4 Å². The number of hydrogen-bond donors (Lipinski definition) is 0. The minimum absolute atomic E-state index is 0.0616. The Morgan fingerprint density at radius 2 is 2.25 bits per heavy atom. The third kappa shape index (κ3) is 3.99. The Morgan fingerprint density at radius 1 is 1.67 bits per heavy atom. The summed E-state index contributed by atoms with van der Waals surface area (Å²) in [6.45, 7) is 3.66. The van der Waals surface area contributed by atoms with Gasteiger partial charge in [0.1, 0.15) is 0 Å². The van der Waals surface area contributed by atoms with E-state index in [1.165, 1.54) is 6.08 Å². The maximum absolute atomic E-state index is 11.0. The third-order valence-corrected chi connectivity index (χ3v) is 2.11. The molecule has 0 N–H and O–H groups in total. The number of carbonyl (C=O) groups excluding carboxylic acids is 1. The Morgan fingerprint density at radius 3 is 2.58 bits per heavy atom. The van der Waals surface area contributed by atoms with Gasteiger partial charge in [0.05, 0.1) is 0 Å². The molecule has 0 aliphatic rings. The van der Waals surface area contributed by atoms with Crippen LogP contribution < -0.4 is 0 Å². The topological polar surface area (TPSA) is 35.5 Å². The zero-order valence-corrected chi connectivity index (χ0v) is 10.1. The van der Waals surface area contributed by atoms with E-state index in [4.69, 9.17) is 8.27 Å². The molecule has 3 nitrogen and oxygen atoms in total. The molecule has 0 amide bonds. The van der Waals surface area contributed by atoms with Crippen molar-refractivity contribution in [2.75, 3.05) is 7.11 Å². The number of carbonyl (C=O) groups is 1. The Hall–Kier alpha value is -0.194. The van der Waals surface area contributed by atoms with Crippen molar-refractivity contribution in [2.24, 2.45) is 0 Å². The standard InChI is InChI=1S/C8H14O3.Ga/c1-4-7(9)5-8(10)6(2)11-3;/h5-6,10H,4H2,1-3H3;/q;+1/p-1/b8-5-;. The molecule has 12 heavy (non-hydrogen) atoms. The van der Waals surface area contributed by atoms with E-state index in [-0.39, 0.29) is 11.9 Å². The molecule has 1 unspecified atom stereocenters. The molecule has 2 radical (unpaired) electrons. The van der Waals surface area contributed by atoms with Gasteiger partial charge >= 0.3 is 83.1 Å². The molecule has 0 rings (SSSR count). The summed E-state index contributed by atoms with van der Waals surface area (Å²) in [5.41, 5.74) is 0. The monoisotopic (exact) mass is 226 g/mol. The Bertz CT molecular complexity index is 177. The molecule has 0 heterocycles. The quantitative estimate of drug-likeness (QED) is 0.399. The summed E-state index contributed by atoms with van der Waals surface area (Å²) >= 11 is 1.10. The summed E-state index contributed by atoms with van der Waals surface area (Å²) in [5.74, 6) is 0.663. The van der Waals surface area contributed by atoms with Crippen LogP contribution in [-0.2, 0) is 13.1 Å². The zero-order chi connectivity index (χ0) is 9.56. The second-order valence-electron chi connectivity index (χ2n) is 2.36. The molecule has 0 bridgehead atoms. The molecule has 0 aromatic heterocycles. The van der Waals surface area contributed by atoms with Crippen molar-refractivity contribution in [3.05, 3.63) is 11.8 Å². The zero-order valence-electron chi connectivity index (χ0n) is 7.66. The first-order valence-corrected chi connectivity index (χ1v) is 4.78. The van der Waals surface area contributed by atoms with Crippen molar-refractivity contribution in [1.29, 1.82) is 0 Å². The summed E-state index contributed by atoms with van der Waals surface area (Å²) in [6.07, 6.45) is 1.85. The van der Waals surface area contributed by atoms with Crippen molar-refractivity contribution in [2.45, 2.75) is 26.4 Å². The van der Waals surface area contributed by atoms with Crippen molar-refractivity contribution < 1.29 is 13.1 Å². The van der Waals surface area contributed by atoms with Gasteiger partial charge in [-0.15, -0.1) is 0 Å². The fraction of sp³-hybridized carbons (Fsp3) is 0.625. The number of ketones is 1. The predicted octanol–water partition coefficient (Wildman–Crippen LogP) is 0.984. The van der Waals surface area contributed by atoms with E-state index in [1.54, 1.807) is 7.11 Å². The molecule has 0 fully saturated rings. The van der Waals surface area contributed by atoms with Crippen LogP contribution in [0, 0.1) is 0 Å². The first-order valence-electron chi connectivity index (χ1n) is 3.79. The van der Waals surface area contributed by atoms with Crippen molar-refractivity contribution >= 4 is 24.7 Å². The molecule has 0 saturated carbocycles. The second-order valence-corrected chi connectivity index (χ2v) is 2.86. The van der Waals surface area contributed by atoms with Crippen molar-refractivity contribution in [3.63, 3.8) is 0 Å². The van der Waals surface area contributed by atoms with Gasteiger partial charge in [-0.25, -0.2) is 0 Å². The summed E-state index contributed by atoms with van der Waals surface area (Å²) in [4.78, 5) is 11.0. The Balaban J connectivity index is 4.31. The molecule has 0 aliphatic carbocycles. The van der Waals surface area contributed by atoms with Gasteiger partial charge in [0.25, 0.3) is 0 Å². The van der Waals surface area contributed by atoms with E-state index >= 15 is 0 Å². The summed E-state index contributed by atoms with van der Waals surface area (Å²) in [7, 11) is 1.58. The van der Waals surface area contributed by atoms with E-state index < -0.39 is 0 Å². The molecule has 0 aliphatic heterocycles. The molecule has 0 aromatic carbocycles. The molecule has 0 aromatic rings. The average Bonchev–Trinajstić information content (AvgIpc) is 2.12. The molecule has 0 saturated heterocycles. The molecular formula is C8H13GaO3. The van der Waals surface area contributed by atoms with Gasteiger partial charge in [0.15, 0.2) is 0 Å². The second kappa shape index (κ2) is 6.34. The van der Waals surface area contributed by atoms with Crippen LogP contribution in [0.3, 0.4) is 0 Å². The fourth-order valence-electron chi connectivity index (χ4n) is 0.624. The first-order chi connectivity index (χ1) is 5.65. The van der Waals surface area contributed by atoms with E-state index in [9.17, 15) is 4.79 Å². The van der Waals surface area contributed by atoms with Crippen LogP contribution in [0.1, 0.15) is 20.3 Å². The van der Waals surface area contributed by atoms with Gasteiger partial charge in [0.2, 0.25) is 0 Å². The molecular weight excluding hydrogens is 214 g/mol. The van der Waals surface area contributed by atoms with Gasteiger partial charge in [-0.2, -0.15) is 0 Å². The maximum atomic E-state index is 11.0. The van der Waals surface area contributed by atoms with E-state index in [2.05, 4.69) is 0 Å². The van der Waals surface area contributed by atoms with E-state index in [0.29, 0.717) is 12.2 Å². The molecule has 0 spiro atoms. The van der Waals surface area contributed by atoms with Gasteiger partial charge in [-0.1, -0.05) is 0 Å². The molecule has 1 atom stereocenters. The van der Waals surface area contributed by atoms with Crippen LogP contribution >= 0.6 is 0 Å². The van der Waals surface area contributed by atoms with Crippen LogP contribution in [0.5, 0.6) is 0 Å². The van der Waals surface area contributed by atoms with Gasteiger partial charge in [0, 0.05) is 0 Å². The number of ether oxygens (including phenoxy) is 1. The van der Waals surface area contributed by atoms with Crippen molar-refractivity contribution in [1.82, 2.24) is 0 Å². The van der Waals surface area contributed by atoms with Crippen LogP contribution in [0.4, 0.5) is 0 Å². The number of hydrogen-bond acceptors (Lipinski definition) is 3. The van der Waals surface area contributed by atoms with Crippen LogP contribution in [0.15, 0.2) is 11.8 Å². The number of methoxy groups -OCH3 is 1. The SMILES string of the molecule is CCC(=O)/C=C(\[O][Ga])C(C)OC. The van der Waals surface area contributed by atoms with Gasteiger partial charge in [-0.3, -0.25) is 0 Å². The normalized spacial score (nSPS) is 14.1. The average molecular weight is 227 g/mol. The van der Waals surface area contributed by atoms with Crippen LogP contribution in [0.25, 0.3) is 0 Å². The Kier molecular flexibility index (Phi) is 6.23. The fourth-order valence-corrected chi connectivity index (χ4v) is 1.17. The minimum atomic E-state index is -0.146. The van der Waals surface area contributed by atoms with E-state index in [0.717, 1.165) is 19.0 Å².